The molecule has 1 aliphatic rings. The molecule has 1 fully saturated rings. The van der Waals surface area contributed by atoms with Gasteiger partial charge in [0.25, 0.3) is 0 Å². The van der Waals surface area contributed by atoms with E-state index in [1.54, 1.807) is 19.2 Å². The smallest absolute Gasteiger partial charge is 0.321 e. The van der Waals surface area contributed by atoms with Crippen molar-refractivity contribution >= 4 is 11.7 Å². The maximum atomic E-state index is 12.6. The number of carbonyl (C=O) groups excluding carboxylic acids is 1. The number of nitrogens with one attached hydrogen (secondary N) is 1. The normalized spacial score (nSPS) is 14.7. The Morgan fingerprint density at radius 1 is 1.43 bits per heavy atom. The summed E-state index contributed by atoms with van der Waals surface area (Å²) in [5.74, 6) is 1.74. The van der Waals surface area contributed by atoms with E-state index in [4.69, 9.17) is 14.5 Å². The average molecular weight is 383 g/mol. The molecule has 0 aliphatic carbocycles. The minimum atomic E-state index is -0.128. The van der Waals surface area contributed by atoms with E-state index < -0.39 is 0 Å². The molecule has 0 atom stereocenters. The quantitative estimate of drug-likeness (QED) is 0.822. The second-order valence-corrected chi connectivity index (χ2v) is 7.00. The number of urea groups is 1. The minimum absolute atomic E-state index is 0.128. The zero-order chi connectivity index (χ0) is 19.9. The molecule has 1 aliphatic heterocycles. The van der Waals surface area contributed by atoms with Crippen LogP contribution in [0.1, 0.15) is 35.7 Å². The summed E-state index contributed by atoms with van der Waals surface area (Å²) in [5, 5.41) is 16.0. The Morgan fingerprint density at radius 2 is 2.21 bits per heavy atom. The van der Waals surface area contributed by atoms with Gasteiger partial charge >= 0.3 is 6.03 Å². The van der Waals surface area contributed by atoms with E-state index in [9.17, 15) is 4.79 Å². The number of hydrogen-bond donors (Lipinski definition) is 1. The standard InChI is InChI=1S/C20H25N5O3/c1-14-16(13-21)4-3-5-17(14)22-20(26)25-9-6-15(7-10-25)12-19-23-18(24-28-19)8-11-27-2/h3-5,15H,6-12H2,1-2H3,(H,22,26). The summed E-state index contributed by atoms with van der Waals surface area (Å²) in [4.78, 5) is 18.8. The highest BCUT2D eigenvalue weighted by Crippen LogP contribution is 2.23. The summed E-state index contributed by atoms with van der Waals surface area (Å²) < 4.78 is 10.3. The lowest BCUT2D eigenvalue weighted by molar-refractivity contribution is 0.179. The molecule has 8 heteroatoms. The van der Waals surface area contributed by atoms with Crippen molar-refractivity contribution in [3.05, 3.63) is 41.0 Å². The van der Waals surface area contributed by atoms with Gasteiger partial charge in [0.1, 0.15) is 0 Å². The molecule has 3 rings (SSSR count). The lowest BCUT2D eigenvalue weighted by Crippen LogP contribution is -2.41. The Bertz CT molecular complexity index is 850. The van der Waals surface area contributed by atoms with Crippen LogP contribution in [0.25, 0.3) is 0 Å². The van der Waals surface area contributed by atoms with Crippen LogP contribution in [-0.4, -0.2) is 47.9 Å². The SMILES string of the molecule is COCCc1noc(CC2CCN(C(=O)Nc3cccc(C#N)c3C)CC2)n1. The van der Waals surface area contributed by atoms with Crippen molar-refractivity contribution in [1.82, 2.24) is 15.0 Å². The molecule has 1 saturated heterocycles. The first kappa shape index (κ1) is 19.8. The summed E-state index contributed by atoms with van der Waals surface area (Å²) in [6, 6.07) is 7.35. The monoisotopic (exact) mass is 383 g/mol. The Labute approximate surface area is 164 Å². The molecule has 28 heavy (non-hydrogen) atoms. The van der Waals surface area contributed by atoms with Gasteiger partial charge in [-0.3, -0.25) is 0 Å². The summed E-state index contributed by atoms with van der Waals surface area (Å²) >= 11 is 0. The van der Waals surface area contributed by atoms with Crippen LogP contribution < -0.4 is 5.32 Å². The third-order valence-electron chi connectivity index (χ3n) is 5.10. The molecule has 148 valence electrons. The number of nitriles is 1. The topological polar surface area (TPSA) is 104 Å². The zero-order valence-corrected chi connectivity index (χ0v) is 16.3. The summed E-state index contributed by atoms with van der Waals surface area (Å²) in [7, 11) is 1.65. The van der Waals surface area contributed by atoms with Crippen molar-refractivity contribution in [3.63, 3.8) is 0 Å². The first-order chi connectivity index (χ1) is 13.6. The number of nitrogens with zero attached hydrogens (tertiary/aromatic N) is 4. The van der Waals surface area contributed by atoms with E-state index in [2.05, 4.69) is 21.5 Å². The van der Waals surface area contributed by atoms with Crippen LogP contribution in [0.4, 0.5) is 10.5 Å². The fourth-order valence-corrected chi connectivity index (χ4v) is 3.34. The molecule has 0 bridgehead atoms. The van der Waals surface area contributed by atoms with E-state index in [-0.39, 0.29) is 6.03 Å². The zero-order valence-electron chi connectivity index (χ0n) is 16.3. The van der Waals surface area contributed by atoms with Crippen LogP contribution in [0, 0.1) is 24.2 Å². The summed E-state index contributed by atoms with van der Waals surface area (Å²) in [6.07, 6.45) is 3.16. The third-order valence-corrected chi connectivity index (χ3v) is 5.10. The van der Waals surface area contributed by atoms with E-state index >= 15 is 0 Å². The van der Waals surface area contributed by atoms with Gasteiger partial charge in [-0.2, -0.15) is 10.2 Å². The maximum Gasteiger partial charge on any atom is 0.321 e. The number of likely N-dealkylation sites (tertiary alicyclic amines) is 1. The highest BCUT2D eigenvalue weighted by molar-refractivity contribution is 5.90. The lowest BCUT2D eigenvalue weighted by atomic mass is 9.94. The van der Waals surface area contributed by atoms with Gasteiger partial charge in [0, 0.05) is 38.7 Å². The van der Waals surface area contributed by atoms with Gasteiger partial charge in [-0.05, 0) is 43.4 Å². The first-order valence-corrected chi connectivity index (χ1v) is 9.46. The van der Waals surface area contributed by atoms with Crippen LogP contribution in [-0.2, 0) is 17.6 Å². The second kappa shape index (κ2) is 9.33. The van der Waals surface area contributed by atoms with Crippen molar-refractivity contribution in [2.45, 2.75) is 32.6 Å². The Hall–Kier alpha value is -2.92. The highest BCUT2D eigenvalue weighted by atomic mass is 16.5. The number of aromatic nitrogens is 2. The van der Waals surface area contributed by atoms with Crippen LogP contribution in [0.15, 0.2) is 22.7 Å². The largest absolute Gasteiger partial charge is 0.384 e. The fourth-order valence-electron chi connectivity index (χ4n) is 3.34. The molecule has 0 spiro atoms. The predicted molar refractivity (Wildman–Crippen MR) is 103 cm³/mol. The summed E-state index contributed by atoms with van der Waals surface area (Å²) in [5.41, 5.74) is 2.04. The van der Waals surface area contributed by atoms with E-state index in [0.29, 0.717) is 55.0 Å². The Balaban J connectivity index is 1.49. The number of amides is 2. The van der Waals surface area contributed by atoms with Gasteiger partial charge < -0.3 is 19.5 Å². The van der Waals surface area contributed by atoms with Gasteiger partial charge in [-0.1, -0.05) is 11.2 Å². The number of benzene rings is 1. The average Bonchev–Trinajstić information content (AvgIpc) is 3.15. The molecule has 0 saturated carbocycles. The van der Waals surface area contributed by atoms with Crippen molar-refractivity contribution in [2.24, 2.45) is 5.92 Å². The number of hydrogen-bond acceptors (Lipinski definition) is 6. The number of methoxy groups -OCH3 is 1. The number of piperidine rings is 1. The molecule has 0 radical (unpaired) electrons. The second-order valence-electron chi connectivity index (χ2n) is 7.00. The highest BCUT2D eigenvalue weighted by Gasteiger charge is 2.25. The number of ether oxygens (including phenoxy) is 1. The van der Waals surface area contributed by atoms with Crippen molar-refractivity contribution < 1.29 is 14.1 Å². The van der Waals surface area contributed by atoms with Crippen LogP contribution in [0.5, 0.6) is 0 Å². The molecule has 1 aromatic carbocycles. The number of carbonyl (C=O) groups is 1. The third kappa shape index (κ3) is 4.87. The molecule has 8 nitrogen and oxygen atoms in total. The van der Waals surface area contributed by atoms with Crippen molar-refractivity contribution in [3.8, 4) is 6.07 Å². The minimum Gasteiger partial charge on any atom is -0.384 e. The Kier molecular flexibility index (Phi) is 6.61. The first-order valence-electron chi connectivity index (χ1n) is 9.46. The van der Waals surface area contributed by atoms with Gasteiger partial charge in [-0.25, -0.2) is 4.79 Å². The number of anilines is 1. The van der Waals surface area contributed by atoms with Gasteiger partial charge in [-0.15, -0.1) is 0 Å². The number of rotatable bonds is 6. The van der Waals surface area contributed by atoms with E-state index in [0.717, 1.165) is 24.8 Å². The molecule has 0 unspecified atom stereocenters. The lowest BCUT2D eigenvalue weighted by Gasteiger charge is -2.31. The summed E-state index contributed by atoms with van der Waals surface area (Å²) in [6.45, 7) is 3.77. The van der Waals surface area contributed by atoms with Crippen molar-refractivity contribution in [1.29, 1.82) is 5.26 Å². The van der Waals surface area contributed by atoms with Gasteiger partial charge in [0.15, 0.2) is 5.82 Å². The molecule has 2 aromatic rings. The molecule has 2 heterocycles. The molecular weight excluding hydrogens is 358 g/mol. The molecule has 2 amide bonds. The van der Waals surface area contributed by atoms with Crippen LogP contribution in [0.2, 0.25) is 0 Å². The van der Waals surface area contributed by atoms with E-state index in [1.165, 1.54) is 0 Å². The van der Waals surface area contributed by atoms with Gasteiger partial charge in [0.05, 0.1) is 18.2 Å². The molecular formula is C20H25N5O3. The van der Waals surface area contributed by atoms with Crippen LogP contribution in [0.3, 0.4) is 0 Å². The fraction of sp³-hybridized carbons (Fsp3) is 0.500. The van der Waals surface area contributed by atoms with Gasteiger partial charge in [0.2, 0.25) is 5.89 Å². The predicted octanol–water partition coefficient (Wildman–Crippen LogP) is 2.93. The van der Waals surface area contributed by atoms with Crippen molar-refractivity contribution in [2.75, 3.05) is 32.1 Å². The maximum absolute atomic E-state index is 12.6. The molecule has 1 aromatic heterocycles. The molecule has 1 N–H and O–H groups in total. The Morgan fingerprint density at radius 3 is 2.93 bits per heavy atom. The van der Waals surface area contributed by atoms with Crippen LogP contribution >= 0.6 is 0 Å². The van der Waals surface area contributed by atoms with E-state index in [1.807, 2.05) is 17.9 Å².